The number of hydrogen-bond acceptors (Lipinski definition) is 4. The Morgan fingerprint density at radius 3 is 2.76 bits per heavy atom. The highest BCUT2D eigenvalue weighted by Crippen LogP contribution is 2.41. The average Bonchev–Trinajstić information content (AvgIpc) is 2.38. The van der Waals surface area contributed by atoms with Gasteiger partial charge in [0.1, 0.15) is 0 Å². The molecule has 94 valence electrons. The number of aliphatic hydroxyl groups is 1. The second kappa shape index (κ2) is 5.44. The van der Waals surface area contributed by atoms with Crippen LogP contribution in [-0.4, -0.2) is 29.8 Å². The molecule has 1 aromatic rings. The summed E-state index contributed by atoms with van der Waals surface area (Å²) in [6.45, 7) is 1.79. The van der Waals surface area contributed by atoms with Gasteiger partial charge in [0, 0.05) is 47.6 Å². The zero-order valence-electron chi connectivity index (χ0n) is 9.60. The molecule has 17 heavy (non-hydrogen) atoms. The molecule has 0 amide bonds. The molecule has 2 rings (SSSR count). The lowest BCUT2D eigenvalue weighted by atomic mass is 9.73. The van der Waals surface area contributed by atoms with Crippen molar-refractivity contribution in [1.82, 2.24) is 4.98 Å². The third-order valence-corrected chi connectivity index (χ3v) is 3.95. The van der Waals surface area contributed by atoms with Crippen molar-refractivity contribution in [2.24, 2.45) is 11.1 Å². The van der Waals surface area contributed by atoms with Crippen LogP contribution < -0.4 is 5.73 Å². The molecule has 3 N–H and O–H groups in total. The molecule has 0 aliphatic carbocycles. The third-order valence-electron chi connectivity index (χ3n) is 3.52. The van der Waals surface area contributed by atoms with Gasteiger partial charge >= 0.3 is 0 Å². The maximum atomic E-state index is 10.5. The van der Waals surface area contributed by atoms with Crippen LogP contribution in [0.5, 0.6) is 0 Å². The van der Waals surface area contributed by atoms with Crippen LogP contribution in [0.4, 0.5) is 0 Å². The van der Waals surface area contributed by atoms with E-state index >= 15 is 0 Å². The topological polar surface area (TPSA) is 68.4 Å². The third kappa shape index (κ3) is 2.68. The second-order valence-corrected chi connectivity index (χ2v) is 5.43. The van der Waals surface area contributed by atoms with Gasteiger partial charge in [-0.2, -0.15) is 0 Å². The van der Waals surface area contributed by atoms with E-state index in [9.17, 15) is 5.11 Å². The van der Waals surface area contributed by atoms with Gasteiger partial charge in [0.15, 0.2) is 0 Å². The molecule has 2 heterocycles. The number of rotatable bonds is 3. The molecule has 1 atom stereocenters. The number of nitrogens with zero attached hydrogens (tertiary/aromatic N) is 1. The van der Waals surface area contributed by atoms with E-state index in [0.717, 1.165) is 22.9 Å². The fraction of sp³-hybridized carbons (Fsp3) is 0.583. The minimum atomic E-state index is -0.582. The van der Waals surface area contributed by atoms with Crippen LogP contribution in [0.15, 0.2) is 22.9 Å². The fourth-order valence-corrected chi connectivity index (χ4v) is 2.68. The van der Waals surface area contributed by atoms with E-state index in [0.29, 0.717) is 19.8 Å². The van der Waals surface area contributed by atoms with E-state index in [1.165, 1.54) is 0 Å². The maximum Gasteiger partial charge on any atom is 0.0875 e. The van der Waals surface area contributed by atoms with Gasteiger partial charge in [0.05, 0.1) is 6.10 Å². The Morgan fingerprint density at radius 1 is 1.47 bits per heavy atom. The Hall–Kier alpha value is -0.490. The predicted octanol–water partition coefficient (Wildman–Crippen LogP) is 1.63. The summed E-state index contributed by atoms with van der Waals surface area (Å²) in [4.78, 5) is 4.09. The highest BCUT2D eigenvalue weighted by atomic mass is 79.9. The summed E-state index contributed by atoms with van der Waals surface area (Å²) in [7, 11) is 0. The Bertz CT molecular complexity index is 381. The van der Waals surface area contributed by atoms with Crippen molar-refractivity contribution < 1.29 is 9.84 Å². The smallest absolute Gasteiger partial charge is 0.0875 e. The summed E-state index contributed by atoms with van der Waals surface area (Å²) in [6.07, 6.45) is 4.40. The molecule has 4 nitrogen and oxygen atoms in total. The second-order valence-electron chi connectivity index (χ2n) is 4.52. The van der Waals surface area contributed by atoms with E-state index in [-0.39, 0.29) is 5.41 Å². The van der Waals surface area contributed by atoms with Gasteiger partial charge in [0.25, 0.3) is 0 Å². The van der Waals surface area contributed by atoms with Crippen LogP contribution in [0.2, 0.25) is 0 Å². The number of aromatic nitrogens is 1. The van der Waals surface area contributed by atoms with E-state index in [1.807, 2.05) is 6.07 Å². The van der Waals surface area contributed by atoms with Crippen molar-refractivity contribution >= 4 is 15.9 Å². The van der Waals surface area contributed by atoms with Crippen LogP contribution >= 0.6 is 15.9 Å². The van der Waals surface area contributed by atoms with Gasteiger partial charge in [-0.15, -0.1) is 0 Å². The van der Waals surface area contributed by atoms with Crippen molar-refractivity contribution in [3.05, 3.63) is 28.5 Å². The van der Waals surface area contributed by atoms with Crippen LogP contribution in [0.3, 0.4) is 0 Å². The van der Waals surface area contributed by atoms with E-state index in [4.69, 9.17) is 10.5 Å². The number of aliphatic hydroxyl groups excluding tert-OH is 1. The lowest BCUT2D eigenvalue weighted by Crippen LogP contribution is -2.41. The van der Waals surface area contributed by atoms with Gasteiger partial charge in [-0.05, 0) is 34.8 Å². The SMILES string of the molecule is NCC1(C(O)c2cncc(Br)c2)CCOCC1. The summed E-state index contributed by atoms with van der Waals surface area (Å²) in [5.41, 5.74) is 6.40. The molecule has 0 bridgehead atoms. The molecule has 1 aliphatic heterocycles. The number of hydrogen-bond donors (Lipinski definition) is 2. The van der Waals surface area contributed by atoms with Crippen LogP contribution in [-0.2, 0) is 4.74 Å². The first-order chi connectivity index (χ1) is 8.18. The number of pyridine rings is 1. The summed E-state index contributed by atoms with van der Waals surface area (Å²) >= 11 is 3.36. The van der Waals surface area contributed by atoms with Gasteiger partial charge in [-0.25, -0.2) is 0 Å². The number of nitrogens with two attached hydrogens (primary N) is 1. The zero-order valence-corrected chi connectivity index (χ0v) is 11.2. The van der Waals surface area contributed by atoms with Crippen molar-refractivity contribution in [3.63, 3.8) is 0 Å². The Balaban J connectivity index is 2.24. The Kier molecular flexibility index (Phi) is 4.14. The first kappa shape index (κ1) is 13.0. The molecular weight excluding hydrogens is 284 g/mol. The van der Waals surface area contributed by atoms with E-state index in [1.54, 1.807) is 12.4 Å². The molecule has 5 heteroatoms. The van der Waals surface area contributed by atoms with Crippen LogP contribution in [0.1, 0.15) is 24.5 Å². The molecule has 1 unspecified atom stereocenters. The van der Waals surface area contributed by atoms with Crippen LogP contribution in [0.25, 0.3) is 0 Å². The van der Waals surface area contributed by atoms with E-state index < -0.39 is 6.10 Å². The molecule has 1 saturated heterocycles. The summed E-state index contributed by atoms with van der Waals surface area (Å²) in [5, 5.41) is 10.5. The number of halogens is 1. The van der Waals surface area contributed by atoms with Crippen molar-refractivity contribution in [3.8, 4) is 0 Å². The van der Waals surface area contributed by atoms with Gasteiger partial charge in [-0.1, -0.05) is 0 Å². The minimum Gasteiger partial charge on any atom is -0.388 e. The highest BCUT2D eigenvalue weighted by molar-refractivity contribution is 9.10. The first-order valence-corrected chi connectivity index (χ1v) is 6.53. The minimum absolute atomic E-state index is 0.277. The predicted molar refractivity (Wildman–Crippen MR) is 68.4 cm³/mol. The lowest BCUT2D eigenvalue weighted by molar-refractivity contribution is -0.0582. The molecule has 1 aliphatic rings. The average molecular weight is 301 g/mol. The monoisotopic (exact) mass is 300 g/mol. The lowest BCUT2D eigenvalue weighted by Gasteiger charge is -2.40. The molecular formula is C12H17BrN2O2. The maximum absolute atomic E-state index is 10.5. The molecule has 0 radical (unpaired) electrons. The number of ether oxygens (including phenoxy) is 1. The molecule has 0 aromatic carbocycles. The first-order valence-electron chi connectivity index (χ1n) is 5.74. The molecule has 0 spiro atoms. The van der Waals surface area contributed by atoms with E-state index in [2.05, 4.69) is 20.9 Å². The fourth-order valence-electron chi connectivity index (χ4n) is 2.30. The summed E-state index contributed by atoms with van der Waals surface area (Å²) in [6, 6.07) is 1.89. The van der Waals surface area contributed by atoms with Crippen LogP contribution in [0, 0.1) is 5.41 Å². The normalized spacial score (nSPS) is 21.1. The van der Waals surface area contributed by atoms with Crippen molar-refractivity contribution in [2.75, 3.05) is 19.8 Å². The van der Waals surface area contributed by atoms with Crippen molar-refractivity contribution in [2.45, 2.75) is 18.9 Å². The largest absolute Gasteiger partial charge is 0.388 e. The van der Waals surface area contributed by atoms with Gasteiger partial charge < -0.3 is 15.6 Å². The zero-order chi connectivity index (χ0) is 12.3. The Morgan fingerprint density at radius 2 is 2.18 bits per heavy atom. The van der Waals surface area contributed by atoms with Gasteiger partial charge in [-0.3, -0.25) is 4.98 Å². The van der Waals surface area contributed by atoms with Crippen molar-refractivity contribution in [1.29, 1.82) is 0 Å². The van der Waals surface area contributed by atoms with Gasteiger partial charge in [0.2, 0.25) is 0 Å². The Labute approximate surface area is 109 Å². The molecule has 0 saturated carbocycles. The highest BCUT2D eigenvalue weighted by Gasteiger charge is 2.39. The molecule has 1 aromatic heterocycles. The standard InChI is InChI=1S/C12H17BrN2O2/c13-10-5-9(6-15-7-10)11(16)12(8-14)1-3-17-4-2-12/h5-7,11,16H,1-4,8,14H2. The molecule has 1 fully saturated rings. The summed E-state index contributed by atoms with van der Waals surface area (Å²) < 4.78 is 6.21. The quantitative estimate of drug-likeness (QED) is 0.890. The summed E-state index contributed by atoms with van der Waals surface area (Å²) in [5.74, 6) is 0.